The summed E-state index contributed by atoms with van der Waals surface area (Å²) in [6.45, 7) is 6.50. The largest absolute Gasteiger partial charge is 0.457 e. The summed E-state index contributed by atoms with van der Waals surface area (Å²) in [7, 11) is 0. The first-order valence-electron chi connectivity index (χ1n) is 13.7. The Hall–Kier alpha value is -3.74. The van der Waals surface area contributed by atoms with E-state index >= 15 is 0 Å². The molecule has 206 valence electrons. The Balaban J connectivity index is 1.36. The van der Waals surface area contributed by atoms with Crippen molar-refractivity contribution in [3.05, 3.63) is 119 Å². The fourth-order valence-corrected chi connectivity index (χ4v) is 8.46. The monoisotopic (exact) mass is 580 g/mol. The molecule has 1 spiro atoms. The lowest BCUT2D eigenvalue weighted by Crippen LogP contribution is -2.58. The molecular weight excluding hydrogens is 552 g/mol. The van der Waals surface area contributed by atoms with Crippen LogP contribution in [0.15, 0.2) is 97.1 Å². The third kappa shape index (κ3) is 3.77. The summed E-state index contributed by atoms with van der Waals surface area (Å²) in [5.74, 6) is 1.46. The molecule has 7 rings (SSSR count). The predicted molar refractivity (Wildman–Crippen MR) is 165 cm³/mol. The van der Waals surface area contributed by atoms with Crippen LogP contribution in [0.25, 0.3) is 0 Å². The number of thioether (sulfide) groups is 1. The average Bonchev–Trinajstić information content (AvgIpc) is 3.44. The van der Waals surface area contributed by atoms with Crippen LogP contribution in [-0.2, 0) is 19.9 Å². The number of nitrogens with zero attached hydrogens (tertiary/aromatic N) is 2. The zero-order chi connectivity index (χ0) is 28.6. The lowest BCUT2D eigenvalue weighted by atomic mass is 9.65. The Bertz CT molecular complexity index is 1690. The molecule has 3 heterocycles. The van der Waals surface area contributed by atoms with Crippen LogP contribution in [0, 0.1) is 0 Å². The molecule has 1 fully saturated rings. The van der Waals surface area contributed by atoms with Crippen molar-refractivity contribution in [3.8, 4) is 11.5 Å². The second-order valence-electron chi connectivity index (χ2n) is 11.7. The number of hydrogen-bond donors (Lipinski definition) is 0. The minimum Gasteiger partial charge on any atom is -0.457 e. The first kappa shape index (κ1) is 26.2. The maximum atomic E-state index is 14.7. The SMILES string of the molecule is CC1(C)C[C@](C)(c2ccc(Cl)cc2)c2cccc3c2N1C(=O)[C@@]31SCC(=O)N1c1ccc(Oc2ccccc2)cc1. The van der Waals surface area contributed by atoms with Gasteiger partial charge in [0.25, 0.3) is 5.91 Å². The Morgan fingerprint density at radius 2 is 1.41 bits per heavy atom. The third-order valence-corrected chi connectivity index (χ3v) is 10.3. The highest BCUT2D eigenvalue weighted by Crippen LogP contribution is 2.63. The van der Waals surface area contributed by atoms with Crippen LogP contribution in [0.3, 0.4) is 0 Å². The fourth-order valence-electron chi connectivity index (χ4n) is 7.00. The van der Waals surface area contributed by atoms with Gasteiger partial charge >= 0.3 is 0 Å². The van der Waals surface area contributed by atoms with E-state index in [1.54, 1.807) is 4.90 Å². The first-order valence-corrected chi connectivity index (χ1v) is 15.1. The highest BCUT2D eigenvalue weighted by molar-refractivity contribution is 8.02. The number of carbonyl (C=O) groups is 2. The number of para-hydroxylation sites is 2. The summed E-state index contributed by atoms with van der Waals surface area (Å²) in [5.41, 5.74) is 3.85. The average molecular weight is 581 g/mol. The number of halogens is 1. The molecule has 2 amide bonds. The van der Waals surface area contributed by atoms with E-state index in [2.05, 4.69) is 39.0 Å². The molecule has 0 unspecified atom stereocenters. The molecule has 7 heteroatoms. The molecule has 5 nitrogen and oxygen atoms in total. The first-order chi connectivity index (χ1) is 19.6. The number of carbonyl (C=O) groups excluding carboxylic acids is 2. The highest BCUT2D eigenvalue weighted by Gasteiger charge is 2.65. The van der Waals surface area contributed by atoms with E-state index in [4.69, 9.17) is 16.3 Å². The third-order valence-electron chi connectivity index (χ3n) is 8.63. The van der Waals surface area contributed by atoms with Gasteiger partial charge in [0.1, 0.15) is 11.5 Å². The van der Waals surface area contributed by atoms with Gasteiger partial charge in [-0.1, -0.05) is 67.1 Å². The van der Waals surface area contributed by atoms with Crippen molar-refractivity contribution < 1.29 is 14.3 Å². The van der Waals surface area contributed by atoms with E-state index in [0.29, 0.717) is 16.5 Å². The fraction of sp³-hybridized carbons (Fsp3) is 0.235. The molecule has 4 aromatic carbocycles. The van der Waals surface area contributed by atoms with E-state index < -0.39 is 10.4 Å². The molecule has 0 saturated carbocycles. The molecular formula is C34H29ClN2O3S. The van der Waals surface area contributed by atoms with Gasteiger partial charge in [0, 0.05) is 27.2 Å². The molecule has 0 radical (unpaired) electrons. The van der Waals surface area contributed by atoms with Crippen LogP contribution >= 0.6 is 23.4 Å². The van der Waals surface area contributed by atoms with Crippen molar-refractivity contribution in [2.75, 3.05) is 15.6 Å². The van der Waals surface area contributed by atoms with Crippen LogP contribution in [-0.4, -0.2) is 23.1 Å². The molecule has 3 aliphatic heterocycles. The number of benzene rings is 4. The second kappa shape index (κ2) is 9.13. The van der Waals surface area contributed by atoms with E-state index in [9.17, 15) is 9.59 Å². The van der Waals surface area contributed by atoms with Gasteiger partial charge in [-0.2, -0.15) is 0 Å². The van der Waals surface area contributed by atoms with E-state index in [-0.39, 0.29) is 23.0 Å². The summed E-state index contributed by atoms with van der Waals surface area (Å²) in [6, 6.07) is 31.2. The number of ether oxygens (including phenoxy) is 1. The topological polar surface area (TPSA) is 49.9 Å². The standard InChI is InChI=1S/C34H29ClN2O3S/c1-32(2)21-33(3,22-12-14-23(35)15-13-22)27-10-7-11-28-30(27)37(32)31(39)34(28)36(29(38)20-41-34)24-16-18-26(19-17-24)40-25-8-5-4-6-9-25/h4-19H,20-21H2,1-3H3/t33-,34+/m1/s1. The van der Waals surface area contributed by atoms with E-state index in [1.807, 2.05) is 83.8 Å². The van der Waals surface area contributed by atoms with Gasteiger partial charge < -0.3 is 9.64 Å². The predicted octanol–water partition coefficient (Wildman–Crippen LogP) is 7.90. The Labute approximate surface area is 249 Å². The van der Waals surface area contributed by atoms with Gasteiger partial charge in [0.15, 0.2) is 0 Å². The van der Waals surface area contributed by atoms with Gasteiger partial charge in [0.05, 0.1) is 11.4 Å². The number of hydrogen-bond acceptors (Lipinski definition) is 4. The summed E-state index contributed by atoms with van der Waals surface area (Å²) in [5, 5.41) is 0.693. The second-order valence-corrected chi connectivity index (χ2v) is 13.3. The molecule has 41 heavy (non-hydrogen) atoms. The lowest BCUT2D eigenvalue weighted by Gasteiger charge is -2.50. The lowest BCUT2D eigenvalue weighted by molar-refractivity contribution is -0.124. The summed E-state index contributed by atoms with van der Waals surface area (Å²) in [4.78, 5) is 30.8. The van der Waals surface area contributed by atoms with Crippen molar-refractivity contribution in [3.63, 3.8) is 0 Å². The molecule has 1 saturated heterocycles. The smallest absolute Gasteiger partial charge is 0.269 e. The maximum Gasteiger partial charge on any atom is 0.269 e. The zero-order valence-corrected chi connectivity index (χ0v) is 24.6. The van der Waals surface area contributed by atoms with E-state index in [0.717, 1.165) is 34.5 Å². The molecule has 0 N–H and O–H groups in total. The number of amides is 2. The highest BCUT2D eigenvalue weighted by atomic mass is 35.5. The van der Waals surface area contributed by atoms with Crippen LogP contribution in [0.4, 0.5) is 11.4 Å². The summed E-state index contributed by atoms with van der Waals surface area (Å²) < 4.78 is 5.98. The molecule has 0 aromatic heterocycles. The number of fused-ring (bicyclic) bond motifs is 1. The minimum atomic E-state index is -1.17. The normalized spacial score (nSPS) is 24.2. The van der Waals surface area contributed by atoms with Gasteiger partial charge in [0.2, 0.25) is 10.8 Å². The van der Waals surface area contributed by atoms with Crippen LogP contribution in [0.2, 0.25) is 5.02 Å². The molecule has 4 aromatic rings. The zero-order valence-electron chi connectivity index (χ0n) is 23.1. The van der Waals surface area contributed by atoms with Gasteiger partial charge in [-0.15, -0.1) is 11.8 Å². The van der Waals surface area contributed by atoms with Crippen molar-refractivity contribution in [1.82, 2.24) is 0 Å². The van der Waals surface area contributed by atoms with Crippen molar-refractivity contribution in [1.29, 1.82) is 0 Å². The van der Waals surface area contributed by atoms with Gasteiger partial charge in [-0.05, 0) is 79.9 Å². The number of anilines is 2. The maximum absolute atomic E-state index is 14.7. The molecule has 3 aliphatic rings. The summed E-state index contributed by atoms with van der Waals surface area (Å²) >= 11 is 7.66. The van der Waals surface area contributed by atoms with Crippen molar-refractivity contribution >= 4 is 46.6 Å². The van der Waals surface area contributed by atoms with Gasteiger partial charge in [-0.25, -0.2) is 0 Å². The van der Waals surface area contributed by atoms with Crippen LogP contribution < -0.4 is 14.5 Å². The molecule has 0 bridgehead atoms. The Morgan fingerprint density at radius 1 is 0.756 bits per heavy atom. The Morgan fingerprint density at radius 3 is 2.12 bits per heavy atom. The number of rotatable bonds is 4. The molecule has 2 atom stereocenters. The van der Waals surface area contributed by atoms with Crippen LogP contribution in [0.5, 0.6) is 11.5 Å². The van der Waals surface area contributed by atoms with Crippen molar-refractivity contribution in [2.45, 2.75) is 43.0 Å². The summed E-state index contributed by atoms with van der Waals surface area (Å²) in [6.07, 6.45) is 0.726. The van der Waals surface area contributed by atoms with Gasteiger partial charge in [-0.3, -0.25) is 14.5 Å². The minimum absolute atomic E-state index is 0.0661. The van der Waals surface area contributed by atoms with Crippen LogP contribution in [0.1, 0.15) is 43.9 Å². The molecule has 0 aliphatic carbocycles. The quantitative estimate of drug-likeness (QED) is 0.246. The Kier molecular flexibility index (Phi) is 5.83. The van der Waals surface area contributed by atoms with E-state index in [1.165, 1.54) is 11.8 Å². The van der Waals surface area contributed by atoms with Crippen molar-refractivity contribution in [2.24, 2.45) is 0 Å².